The highest BCUT2D eigenvalue weighted by Gasteiger charge is 2.29. The van der Waals surface area contributed by atoms with Crippen molar-refractivity contribution in [2.45, 2.75) is 11.8 Å². The Balaban J connectivity index is 1.71. The number of benzene rings is 1. The van der Waals surface area contributed by atoms with Crippen LogP contribution in [0.2, 0.25) is 0 Å². The van der Waals surface area contributed by atoms with Crippen LogP contribution < -0.4 is 4.90 Å². The van der Waals surface area contributed by atoms with E-state index in [4.69, 9.17) is 0 Å². The topological polar surface area (TPSA) is 53.5 Å². The van der Waals surface area contributed by atoms with Crippen LogP contribution in [0.15, 0.2) is 39.8 Å². The Kier molecular flexibility index (Phi) is 4.54. The van der Waals surface area contributed by atoms with Gasteiger partial charge in [0, 0.05) is 41.7 Å². The molecular weight excluding hydrogens is 386 g/mol. The van der Waals surface area contributed by atoms with Gasteiger partial charge in [-0.25, -0.2) is 13.4 Å². The first kappa shape index (κ1) is 15.9. The van der Waals surface area contributed by atoms with E-state index in [0.29, 0.717) is 31.1 Å². The molecule has 0 aliphatic carbocycles. The van der Waals surface area contributed by atoms with Crippen LogP contribution >= 0.6 is 27.3 Å². The van der Waals surface area contributed by atoms with Crippen molar-refractivity contribution in [2.24, 2.45) is 0 Å². The average Bonchev–Trinajstić information content (AvgIpc) is 2.94. The third-order valence-corrected chi connectivity index (χ3v) is 6.98. The summed E-state index contributed by atoms with van der Waals surface area (Å²) in [5.74, 6) is 0. The first-order valence-electron chi connectivity index (χ1n) is 6.90. The van der Waals surface area contributed by atoms with Crippen LogP contribution in [0.1, 0.15) is 4.88 Å². The van der Waals surface area contributed by atoms with Gasteiger partial charge in [-0.2, -0.15) is 4.31 Å². The quantitative estimate of drug-likeness (QED) is 0.793. The molecule has 0 unspecified atom stereocenters. The van der Waals surface area contributed by atoms with Gasteiger partial charge in [-0.05, 0) is 31.2 Å². The molecule has 5 nitrogen and oxygen atoms in total. The van der Waals surface area contributed by atoms with Crippen molar-refractivity contribution >= 4 is 42.4 Å². The minimum atomic E-state index is -3.41. The molecular formula is C14H16BrN3O2S2. The van der Waals surface area contributed by atoms with Crippen molar-refractivity contribution in [3.8, 4) is 0 Å². The number of nitrogens with zero attached hydrogens (tertiary/aromatic N) is 3. The Morgan fingerprint density at radius 1 is 1.14 bits per heavy atom. The average molecular weight is 402 g/mol. The van der Waals surface area contributed by atoms with Crippen LogP contribution in [0.5, 0.6) is 0 Å². The summed E-state index contributed by atoms with van der Waals surface area (Å²) in [4.78, 5) is 8.02. The molecule has 118 valence electrons. The van der Waals surface area contributed by atoms with Crippen LogP contribution in [-0.4, -0.2) is 43.9 Å². The molecule has 1 fully saturated rings. The molecule has 1 aromatic carbocycles. The van der Waals surface area contributed by atoms with E-state index in [2.05, 4.69) is 25.8 Å². The van der Waals surface area contributed by atoms with Crippen LogP contribution in [0.25, 0.3) is 0 Å². The van der Waals surface area contributed by atoms with Gasteiger partial charge in [0.15, 0.2) is 5.13 Å². The molecule has 22 heavy (non-hydrogen) atoms. The van der Waals surface area contributed by atoms with Crippen LogP contribution in [0.3, 0.4) is 0 Å². The minimum absolute atomic E-state index is 0.342. The number of thiazole rings is 1. The Bertz CT molecular complexity index is 751. The maximum Gasteiger partial charge on any atom is 0.243 e. The van der Waals surface area contributed by atoms with Crippen molar-refractivity contribution in [2.75, 3.05) is 31.1 Å². The van der Waals surface area contributed by atoms with E-state index in [9.17, 15) is 8.42 Å². The van der Waals surface area contributed by atoms with E-state index in [1.54, 1.807) is 39.9 Å². The van der Waals surface area contributed by atoms with Crippen molar-refractivity contribution in [3.05, 3.63) is 39.8 Å². The second-order valence-electron chi connectivity index (χ2n) is 5.10. The summed E-state index contributed by atoms with van der Waals surface area (Å²) in [6.45, 7) is 4.33. The highest BCUT2D eigenvalue weighted by atomic mass is 79.9. The van der Waals surface area contributed by atoms with Crippen molar-refractivity contribution in [1.29, 1.82) is 0 Å². The number of halogens is 1. The molecule has 1 saturated heterocycles. The number of anilines is 1. The van der Waals surface area contributed by atoms with Gasteiger partial charge < -0.3 is 4.90 Å². The summed E-state index contributed by atoms with van der Waals surface area (Å²) in [6.07, 6.45) is 1.85. The van der Waals surface area contributed by atoms with E-state index in [-0.39, 0.29) is 0 Å². The zero-order chi connectivity index (χ0) is 15.7. The molecule has 1 aromatic heterocycles. The molecule has 0 atom stereocenters. The summed E-state index contributed by atoms with van der Waals surface area (Å²) in [7, 11) is -3.41. The Morgan fingerprint density at radius 3 is 2.32 bits per heavy atom. The molecule has 2 heterocycles. The number of aromatic nitrogens is 1. The van der Waals surface area contributed by atoms with E-state index >= 15 is 0 Å². The maximum absolute atomic E-state index is 12.6. The molecule has 0 saturated carbocycles. The highest BCUT2D eigenvalue weighted by molar-refractivity contribution is 9.10. The van der Waals surface area contributed by atoms with Gasteiger partial charge in [-0.15, -0.1) is 11.3 Å². The summed E-state index contributed by atoms with van der Waals surface area (Å²) < 4.78 is 27.7. The van der Waals surface area contributed by atoms with Gasteiger partial charge in [0.1, 0.15) is 0 Å². The number of sulfonamides is 1. The summed E-state index contributed by atoms with van der Waals surface area (Å²) in [5.41, 5.74) is 0. The van der Waals surface area contributed by atoms with Gasteiger partial charge in [0.2, 0.25) is 10.0 Å². The number of hydrogen-bond donors (Lipinski definition) is 0. The number of aryl methyl sites for hydroxylation is 1. The fraction of sp³-hybridized carbons (Fsp3) is 0.357. The summed E-state index contributed by atoms with van der Waals surface area (Å²) in [6, 6.07) is 6.77. The Morgan fingerprint density at radius 2 is 1.77 bits per heavy atom. The van der Waals surface area contributed by atoms with E-state index < -0.39 is 10.0 Å². The number of rotatable bonds is 3. The number of piperazine rings is 1. The number of hydrogen-bond acceptors (Lipinski definition) is 5. The highest BCUT2D eigenvalue weighted by Crippen LogP contribution is 2.25. The van der Waals surface area contributed by atoms with Crippen molar-refractivity contribution in [1.82, 2.24) is 9.29 Å². The predicted molar refractivity (Wildman–Crippen MR) is 92.0 cm³/mol. The fourth-order valence-corrected chi connectivity index (χ4v) is 4.86. The van der Waals surface area contributed by atoms with Crippen LogP contribution in [0, 0.1) is 6.92 Å². The molecule has 0 N–H and O–H groups in total. The van der Waals surface area contributed by atoms with Gasteiger partial charge in [-0.1, -0.05) is 15.9 Å². The lowest BCUT2D eigenvalue weighted by molar-refractivity contribution is 0.385. The standard InChI is InChI=1S/C14H16BrN3O2S2/c1-11-10-16-14(21-11)17-6-8-18(9-7-17)22(19,20)13-4-2-12(15)3-5-13/h2-5,10H,6-9H2,1H3. The zero-order valence-corrected chi connectivity index (χ0v) is 15.3. The Hall–Kier alpha value is -0.960. The first-order valence-corrected chi connectivity index (χ1v) is 9.95. The third kappa shape index (κ3) is 3.19. The lowest BCUT2D eigenvalue weighted by atomic mass is 10.4. The fourth-order valence-electron chi connectivity index (χ4n) is 2.36. The van der Waals surface area contributed by atoms with Gasteiger partial charge in [0.25, 0.3) is 0 Å². The molecule has 1 aliphatic heterocycles. The molecule has 1 aliphatic rings. The first-order chi connectivity index (χ1) is 10.5. The van der Waals surface area contributed by atoms with Crippen molar-refractivity contribution < 1.29 is 8.42 Å². The molecule has 8 heteroatoms. The molecule has 0 bridgehead atoms. The molecule has 2 aromatic rings. The lowest BCUT2D eigenvalue weighted by Gasteiger charge is -2.33. The van der Waals surface area contributed by atoms with E-state index in [1.165, 1.54) is 4.88 Å². The van der Waals surface area contributed by atoms with E-state index in [1.807, 2.05) is 13.1 Å². The van der Waals surface area contributed by atoms with Crippen LogP contribution in [-0.2, 0) is 10.0 Å². The smallest absolute Gasteiger partial charge is 0.243 e. The lowest BCUT2D eigenvalue weighted by Crippen LogP contribution is -2.48. The van der Waals surface area contributed by atoms with Gasteiger partial charge >= 0.3 is 0 Å². The zero-order valence-electron chi connectivity index (χ0n) is 12.1. The molecule has 3 rings (SSSR count). The Labute approximate surface area is 142 Å². The molecule has 0 amide bonds. The normalized spacial score (nSPS) is 16.9. The SMILES string of the molecule is Cc1cnc(N2CCN(S(=O)(=O)c3ccc(Br)cc3)CC2)s1. The summed E-state index contributed by atoms with van der Waals surface area (Å²) >= 11 is 4.97. The van der Waals surface area contributed by atoms with E-state index in [0.717, 1.165) is 9.60 Å². The van der Waals surface area contributed by atoms with Crippen LogP contribution in [0.4, 0.5) is 5.13 Å². The summed E-state index contributed by atoms with van der Waals surface area (Å²) in [5, 5.41) is 0.971. The monoisotopic (exact) mass is 401 g/mol. The minimum Gasteiger partial charge on any atom is -0.345 e. The second-order valence-corrected chi connectivity index (χ2v) is 9.17. The molecule has 0 radical (unpaired) electrons. The van der Waals surface area contributed by atoms with Crippen molar-refractivity contribution in [3.63, 3.8) is 0 Å². The van der Waals surface area contributed by atoms with Gasteiger partial charge in [0.05, 0.1) is 4.90 Å². The molecule has 0 spiro atoms. The largest absolute Gasteiger partial charge is 0.345 e. The second kappa shape index (κ2) is 6.27. The predicted octanol–water partition coefficient (Wildman–Crippen LogP) is 2.72. The van der Waals surface area contributed by atoms with Gasteiger partial charge in [-0.3, -0.25) is 0 Å². The third-order valence-electron chi connectivity index (χ3n) is 3.57. The maximum atomic E-state index is 12.6.